The lowest BCUT2D eigenvalue weighted by Crippen LogP contribution is -2.50. The van der Waals surface area contributed by atoms with Crippen molar-refractivity contribution in [3.63, 3.8) is 0 Å². The van der Waals surface area contributed by atoms with Crippen molar-refractivity contribution in [2.45, 2.75) is 6.04 Å². The third-order valence-electron chi connectivity index (χ3n) is 2.99. The highest BCUT2D eigenvalue weighted by Gasteiger charge is 2.29. The number of imidazole rings is 1. The fourth-order valence-corrected chi connectivity index (χ4v) is 2.55. The van der Waals surface area contributed by atoms with Crippen molar-refractivity contribution in [1.82, 2.24) is 19.8 Å². The van der Waals surface area contributed by atoms with E-state index < -0.39 is 0 Å². The van der Waals surface area contributed by atoms with Crippen molar-refractivity contribution in [2.75, 3.05) is 31.6 Å². The number of nitrogens with zero attached hydrogens (tertiary/aromatic N) is 3. The number of thioether (sulfide) groups is 1. The monoisotopic (exact) mass is 254 g/mol. The predicted molar refractivity (Wildman–Crippen MR) is 68.9 cm³/mol. The average molecular weight is 254 g/mol. The van der Waals surface area contributed by atoms with Crippen LogP contribution < -0.4 is 5.32 Å². The molecular weight excluding hydrogens is 236 g/mol. The summed E-state index contributed by atoms with van der Waals surface area (Å²) in [6, 6.07) is 0.0587. The minimum absolute atomic E-state index is 0.0587. The number of piperazine rings is 1. The zero-order valence-electron chi connectivity index (χ0n) is 10.2. The van der Waals surface area contributed by atoms with Crippen molar-refractivity contribution in [1.29, 1.82) is 0 Å². The fraction of sp³-hybridized carbons (Fsp3) is 0.636. The summed E-state index contributed by atoms with van der Waals surface area (Å²) in [5.74, 6) is 1.69. The molecule has 1 aliphatic heterocycles. The van der Waals surface area contributed by atoms with Gasteiger partial charge in [-0.1, -0.05) is 0 Å². The van der Waals surface area contributed by atoms with Gasteiger partial charge in [-0.05, 0) is 6.26 Å². The van der Waals surface area contributed by atoms with Crippen LogP contribution in [0.25, 0.3) is 0 Å². The molecule has 0 spiro atoms. The Hall–Kier alpha value is -1.01. The first-order chi connectivity index (χ1) is 8.24. The van der Waals surface area contributed by atoms with Crippen LogP contribution in [-0.4, -0.2) is 52.0 Å². The number of hydrogen-bond donors (Lipinski definition) is 1. The molecule has 1 amide bonds. The highest BCUT2D eigenvalue weighted by atomic mass is 32.2. The van der Waals surface area contributed by atoms with E-state index in [0.29, 0.717) is 5.75 Å². The van der Waals surface area contributed by atoms with Crippen LogP contribution in [0.5, 0.6) is 0 Å². The predicted octanol–water partition coefficient (Wildman–Crippen LogP) is 0.256. The Morgan fingerprint density at radius 3 is 3.18 bits per heavy atom. The SMILES string of the molecule is CSCC(=O)N1CCNCC1c1nccn1C. The van der Waals surface area contributed by atoms with Crippen LogP contribution in [-0.2, 0) is 11.8 Å². The van der Waals surface area contributed by atoms with Crippen molar-refractivity contribution in [3.05, 3.63) is 18.2 Å². The fourth-order valence-electron chi connectivity index (χ4n) is 2.14. The largest absolute Gasteiger partial charge is 0.336 e. The maximum absolute atomic E-state index is 12.1. The van der Waals surface area contributed by atoms with Crippen LogP contribution in [0.4, 0.5) is 0 Å². The third kappa shape index (κ3) is 2.63. The normalized spacial score (nSPS) is 20.6. The second-order valence-electron chi connectivity index (χ2n) is 4.14. The van der Waals surface area contributed by atoms with Gasteiger partial charge in [-0.2, -0.15) is 11.8 Å². The maximum Gasteiger partial charge on any atom is 0.233 e. The zero-order chi connectivity index (χ0) is 12.3. The molecule has 17 heavy (non-hydrogen) atoms. The van der Waals surface area contributed by atoms with E-state index in [0.717, 1.165) is 25.5 Å². The first kappa shape index (κ1) is 12.4. The Balaban J connectivity index is 2.18. The first-order valence-corrected chi connectivity index (χ1v) is 7.09. The molecule has 2 rings (SSSR count). The molecule has 94 valence electrons. The van der Waals surface area contributed by atoms with E-state index in [2.05, 4.69) is 10.3 Å². The van der Waals surface area contributed by atoms with Gasteiger partial charge in [0.1, 0.15) is 11.9 Å². The Labute approximate surface area is 106 Å². The molecule has 1 atom stereocenters. The molecule has 5 nitrogen and oxygen atoms in total. The molecule has 0 aliphatic carbocycles. The molecule has 6 heteroatoms. The van der Waals surface area contributed by atoms with Crippen LogP contribution in [0.15, 0.2) is 12.4 Å². The van der Waals surface area contributed by atoms with Gasteiger partial charge in [0.15, 0.2) is 0 Å². The van der Waals surface area contributed by atoms with Crippen molar-refractivity contribution >= 4 is 17.7 Å². The summed E-state index contributed by atoms with van der Waals surface area (Å²) in [7, 11) is 1.97. The lowest BCUT2D eigenvalue weighted by Gasteiger charge is -2.35. The van der Waals surface area contributed by atoms with Gasteiger partial charge in [0, 0.05) is 39.1 Å². The second kappa shape index (κ2) is 5.55. The van der Waals surface area contributed by atoms with Gasteiger partial charge in [0.25, 0.3) is 0 Å². The number of hydrogen-bond acceptors (Lipinski definition) is 4. The van der Waals surface area contributed by atoms with Crippen LogP contribution >= 0.6 is 11.8 Å². The summed E-state index contributed by atoms with van der Waals surface area (Å²) in [5.41, 5.74) is 0. The Morgan fingerprint density at radius 2 is 2.53 bits per heavy atom. The van der Waals surface area contributed by atoms with Crippen LogP contribution in [0.3, 0.4) is 0 Å². The van der Waals surface area contributed by atoms with E-state index in [4.69, 9.17) is 0 Å². The van der Waals surface area contributed by atoms with Crippen LogP contribution in [0.1, 0.15) is 11.9 Å². The topological polar surface area (TPSA) is 50.2 Å². The van der Waals surface area contributed by atoms with E-state index in [-0.39, 0.29) is 11.9 Å². The summed E-state index contributed by atoms with van der Waals surface area (Å²) >= 11 is 1.57. The highest BCUT2D eigenvalue weighted by Crippen LogP contribution is 2.21. The van der Waals surface area contributed by atoms with E-state index in [1.165, 1.54) is 0 Å². The highest BCUT2D eigenvalue weighted by molar-refractivity contribution is 7.99. The zero-order valence-corrected chi connectivity index (χ0v) is 11.0. The molecule has 0 radical (unpaired) electrons. The molecule has 0 saturated carbocycles. The molecular formula is C11H18N4OS. The number of carbonyl (C=O) groups excluding carboxylic acids is 1. The number of amides is 1. The van der Waals surface area contributed by atoms with Gasteiger partial charge < -0.3 is 14.8 Å². The van der Waals surface area contributed by atoms with Crippen LogP contribution in [0, 0.1) is 0 Å². The van der Waals surface area contributed by atoms with Crippen molar-refractivity contribution < 1.29 is 4.79 Å². The van der Waals surface area contributed by atoms with Gasteiger partial charge in [-0.25, -0.2) is 4.98 Å². The summed E-state index contributed by atoms with van der Waals surface area (Å²) in [6.45, 7) is 2.41. The maximum atomic E-state index is 12.1. The van der Waals surface area contributed by atoms with Gasteiger partial charge in [-0.15, -0.1) is 0 Å². The first-order valence-electron chi connectivity index (χ1n) is 5.70. The molecule has 1 N–H and O–H groups in total. The summed E-state index contributed by atoms with van der Waals surface area (Å²) in [5, 5.41) is 3.32. The molecule has 1 unspecified atom stereocenters. The van der Waals surface area contributed by atoms with E-state index in [1.54, 1.807) is 18.0 Å². The molecule has 1 aromatic heterocycles. The summed E-state index contributed by atoms with van der Waals surface area (Å²) in [4.78, 5) is 18.3. The Bertz CT molecular complexity index is 393. The van der Waals surface area contributed by atoms with Gasteiger partial charge in [0.2, 0.25) is 5.91 Å². The average Bonchev–Trinajstić information content (AvgIpc) is 2.76. The number of aryl methyl sites for hydroxylation is 1. The van der Waals surface area contributed by atoms with Crippen molar-refractivity contribution in [2.24, 2.45) is 7.05 Å². The number of rotatable bonds is 3. The lowest BCUT2D eigenvalue weighted by molar-refractivity contribution is -0.131. The molecule has 1 fully saturated rings. The number of nitrogens with one attached hydrogen (secondary N) is 1. The smallest absolute Gasteiger partial charge is 0.233 e. The lowest BCUT2D eigenvalue weighted by atomic mass is 10.1. The van der Waals surface area contributed by atoms with Gasteiger partial charge in [-0.3, -0.25) is 4.79 Å². The molecule has 2 heterocycles. The third-order valence-corrected chi connectivity index (χ3v) is 3.52. The number of aromatic nitrogens is 2. The molecule has 0 aromatic carbocycles. The second-order valence-corrected chi connectivity index (χ2v) is 5.00. The van der Waals surface area contributed by atoms with Gasteiger partial charge in [0.05, 0.1) is 5.75 Å². The van der Waals surface area contributed by atoms with E-state index in [9.17, 15) is 4.79 Å². The Morgan fingerprint density at radius 1 is 1.71 bits per heavy atom. The van der Waals surface area contributed by atoms with Crippen molar-refractivity contribution in [3.8, 4) is 0 Å². The summed E-state index contributed by atoms with van der Waals surface area (Å²) < 4.78 is 1.98. The Kier molecular flexibility index (Phi) is 4.06. The van der Waals surface area contributed by atoms with E-state index >= 15 is 0 Å². The standard InChI is InChI=1S/C11H18N4OS/c1-14-5-4-13-11(14)9-7-12-3-6-15(9)10(16)8-17-2/h4-5,9,12H,3,6-8H2,1-2H3. The minimum atomic E-state index is 0.0587. The molecule has 0 bridgehead atoms. The minimum Gasteiger partial charge on any atom is -0.336 e. The van der Waals surface area contributed by atoms with Gasteiger partial charge >= 0.3 is 0 Å². The quantitative estimate of drug-likeness (QED) is 0.840. The van der Waals surface area contributed by atoms with E-state index in [1.807, 2.05) is 29.0 Å². The summed E-state index contributed by atoms with van der Waals surface area (Å²) in [6.07, 6.45) is 5.65. The van der Waals surface area contributed by atoms with Crippen LogP contribution in [0.2, 0.25) is 0 Å². The molecule has 1 aliphatic rings. The molecule has 1 saturated heterocycles. The number of carbonyl (C=O) groups is 1. The molecule has 1 aromatic rings.